The first-order valence-electron chi connectivity index (χ1n) is 8.79. The van der Waals surface area contributed by atoms with Crippen molar-refractivity contribution in [3.8, 4) is 0 Å². The molecule has 2 amide bonds. The van der Waals surface area contributed by atoms with E-state index in [-0.39, 0.29) is 23.3 Å². The highest BCUT2D eigenvalue weighted by atomic mass is 16.2. The number of piperidine rings is 1. The number of carbonyl (C=O) groups is 2. The molecule has 4 heterocycles. The van der Waals surface area contributed by atoms with Crippen molar-refractivity contribution >= 4 is 22.8 Å². The summed E-state index contributed by atoms with van der Waals surface area (Å²) in [6.45, 7) is 5.27. The fraction of sp³-hybridized carbons (Fsp3) is 0.389. The number of hydrogen-bond acceptors (Lipinski definition) is 5. The summed E-state index contributed by atoms with van der Waals surface area (Å²) in [6, 6.07) is 1.53. The summed E-state index contributed by atoms with van der Waals surface area (Å²) < 4.78 is 0. The largest absolute Gasteiger partial charge is 0.347 e. The van der Waals surface area contributed by atoms with Gasteiger partial charge in [0, 0.05) is 25.3 Å². The predicted octanol–water partition coefficient (Wildman–Crippen LogP) is 1.35. The third kappa shape index (κ3) is 3.40. The number of aromatic nitrogens is 5. The Labute approximate surface area is 155 Å². The van der Waals surface area contributed by atoms with Gasteiger partial charge in [-0.3, -0.25) is 14.7 Å². The van der Waals surface area contributed by atoms with E-state index in [2.05, 4.69) is 44.3 Å². The second kappa shape index (κ2) is 6.49. The molecule has 0 spiro atoms. The molecule has 9 heteroatoms. The van der Waals surface area contributed by atoms with Crippen LogP contribution in [0.5, 0.6) is 0 Å². The summed E-state index contributed by atoms with van der Waals surface area (Å²) in [6.07, 6.45) is 6.96. The molecule has 1 aliphatic heterocycles. The van der Waals surface area contributed by atoms with Gasteiger partial charge in [0.25, 0.3) is 11.8 Å². The lowest BCUT2D eigenvalue weighted by Gasteiger charge is -2.42. The molecule has 0 unspecified atom stereocenters. The van der Waals surface area contributed by atoms with Crippen molar-refractivity contribution in [3.63, 3.8) is 0 Å². The van der Waals surface area contributed by atoms with Crippen LogP contribution in [-0.4, -0.2) is 61.0 Å². The minimum absolute atomic E-state index is 0.110. The SMILES string of the molecule is CC1(C)C[C@H](NC(=O)c2ccnc3[nH]ncc23)CN(C(=O)c2cnc[nH]2)C1. The van der Waals surface area contributed by atoms with E-state index in [1.165, 1.54) is 12.5 Å². The number of nitrogens with one attached hydrogen (secondary N) is 3. The van der Waals surface area contributed by atoms with Crippen LogP contribution in [-0.2, 0) is 0 Å². The molecule has 0 aliphatic carbocycles. The standard InChI is InChI=1S/C18H21N7O2/c1-18(2)5-11(8-25(9-18)17(27)14-7-19-10-21-14)23-16(26)12-3-4-20-15-13(12)6-22-24-15/h3-4,6-7,10-11H,5,8-9H2,1-2H3,(H,19,21)(H,23,26)(H,20,22,24)/t11-/m0/s1. The van der Waals surface area contributed by atoms with Crippen LogP contribution in [0.1, 0.15) is 41.1 Å². The molecule has 3 N–H and O–H groups in total. The van der Waals surface area contributed by atoms with Gasteiger partial charge in [-0.25, -0.2) is 9.97 Å². The van der Waals surface area contributed by atoms with Crippen molar-refractivity contribution in [2.45, 2.75) is 26.3 Å². The molecular formula is C18H21N7O2. The Morgan fingerprint density at radius 3 is 2.96 bits per heavy atom. The lowest BCUT2D eigenvalue weighted by Crippen LogP contribution is -2.55. The summed E-state index contributed by atoms with van der Waals surface area (Å²) in [5.41, 5.74) is 1.42. The summed E-state index contributed by atoms with van der Waals surface area (Å²) >= 11 is 0. The predicted molar refractivity (Wildman–Crippen MR) is 98.0 cm³/mol. The molecule has 0 bridgehead atoms. The summed E-state index contributed by atoms with van der Waals surface area (Å²) in [5, 5.41) is 10.5. The first-order chi connectivity index (χ1) is 12.9. The van der Waals surface area contributed by atoms with Gasteiger partial charge in [0.1, 0.15) is 5.69 Å². The number of imidazole rings is 1. The van der Waals surface area contributed by atoms with Crippen LogP contribution in [0.25, 0.3) is 11.0 Å². The van der Waals surface area contributed by atoms with Crippen molar-refractivity contribution in [3.05, 3.63) is 42.2 Å². The lowest BCUT2D eigenvalue weighted by atomic mass is 9.81. The normalized spacial score (nSPS) is 19.2. The molecule has 0 radical (unpaired) electrons. The van der Waals surface area contributed by atoms with Gasteiger partial charge in [-0.2, -0.15) is 5.10 Å². The van der Waals surface area contributed by atoms with E-state index in [1.807, 2.05) is 0 Å². The van der Waals surface area contributed by atoms with E-state index in [9.17, 15) is 9.59 Å². The van der Waals surface area contributed by atoms with Crippen LogP contribution in [0, 0.1) is 5.41 Å². The van der Waals surface area contributed by atoms with Crippen molar-refractivity contribution in [1.29, 1.82) is 0 Å². The monoisotopic (exact) mass is 367 g/mol. The third-order valence-electron chi connectivity index (χ3n) is 4.81. The van der Waals surface area contributed by atoms with Gasteiger partial charge in [0.15, 0.2) is 5.65 Å². The molecule has 3 aromatic rings. The first kappa shape index (κ1) is 17.2. The van der Waals surface area contributed by atoms with E-state index in [0.29, 0.717) is 35.4 Å². The van der Waals surface area contributed by atoms with Gasteiger partial charge in [0.05, 0.1) is 29.7 Å². The highest BCUT2D eigenvalue weighted by molar-refractivity contribution is 6.05. The van der Waals surface area contributed by atoms with Crippen molar-refractivity contribution in [1.82, 2.24) is 35.4 Å². The highest BCUT2D eigenvalue weighted by Crippen LogP contribution is 2.30. The number of hydrogen-bond donors (Lipinski definition) is 3. The van der Waals surface area contributed by atoms with Crippen molar-refractivity contribution in [2.24, 2.45) is 5.41 Å². The molecule has 1 saturated heterocycles. The van der Waals surface area contributed by atoms with Gasteiger partial charge < -0.3 is 15.2 Å². The number of fused-ring (bicyclic) bond motifs is 1. The van der Waals surface area contributed by atoms with Gasteiger partial charge in [-0.1, -0.05) is 13.8 Å². The quantitative estimate of drug-likeness (QED) is 0.645. The molecule has 9 nitrogen and oxygen atoms in total. The second-order valence-electron chi connectivity index (χ2n) is 7.68. The Kier molecular flexibility index (Phi) is 4.14. The summed E-state index contributed by atoms with van der Waals surface area (Å²) in [7, 11) is 0. The van der Waals surface area contributed by atoms with Crippen molar-refractivity contribution < 1.29 is 9.59 Å². The van der Waals surface area contributed by atoms with Crippen LogP contribution in [0.15, 0.2) is 31.0 Å². The minimum Gasteiger partial charge on any atom is -0.347 e. The lowest BCUT2D eigenvalue weighted by molar-refractivity contribution is 0.0487. The Balaban J connectivity index is 1.53. The van der Waals surface area contributed by atoms with Crippen LogP contribution in [0.3, 0.4) is 0 Å². The maximum Gasteiger partial charge on any atom is 0.272 e. The number of likely N-dealkylation sites (tertiary alicyclic amines) is 1. The first-order valence-corrected chi connectivity index (χ1v) is 8.79. The molecular weight excluding hydrogens is 346 g/mol. The summed E-state index contributed by atoms with van der Waals surface area (Å²) in [5.74, 6) is -0.305. The van der Waals surface area contributed by atoms with E-state index < -0.39 is 0 Å². The van der Waals surface area contributed by atoms with Crippen LogP contribution >= 0.6 is 0 Å². The van der Waals surface area contributed by atoms with E-state index in [0.717, 1.165) is 6.42 Å². The molecule has 1 atom stereocenters. The molecule has 0 aromatic carbocycles. The number of H-pyrrole nitrogens is 2. The maximum absolute atomic E-state index is 12.8. The average Bonchev–Trinajstić information content (AvgIpc) is 3.30. The molecule has 4 rings (SSSR count). The zero-order valence-corrected chi connectivity index (χ0v) is 15.2. The van der Waals surface area contributed by atoms with E-state index in [1.54, 1.807) is 23.4 Å². The Morgan fingerprint density at radius 1 is 1.33 bits per heavy atom. The van der Waals surface area contributed by atoms with Crippen LogP contribution in [0.4, 0.5) is 0 Å². The topological polar surface area (TPSA) is 120 Å². The smallest absolute Gasteiger partial charge is 0.272 e. The van der Waals surface area contributed by atoms with Gasteiger partial charge in [0.2, 0.25) is 0 Å². The summed E-state index contributed by atoms with van der Waals surface area (Å²) in [4.78, 5) is 38.2. The van der Waals surface area contributed by atoms with Gasteiger partial charge in [-0.05, 0) is 17.9 Å². The Morgan fingerprint density at radius 2 is 2.19 bits per heavy atom. The highest BCUT2D eigenvalue weighted by Gasteiger charge is 2.36. The molecule has 3 aromatic heterocycles. The number of amides is 2. The maximum atomic E-state index is 12.8. The van der Waals surface area contributed by atoms with Gasteiger partial charge in [-0.15, -0.1) is 0 Å². The fourth-order valence-corrected chi connectivity index (χ4v) is 3.75. The van der Waals surface area contributed by atoms with E-state index in [4.69, 9.17) is 0 Å². The Bertz CT molecular complexity index is 977. The molecule has 1 aliphatic rings. The molecule has 140 valence electrons. The van der Waals surface area contributed by atoms with Crippen LogP contribution < -0.4 is 5.32 Å². The minimum atomic E-state index is -0.194. The fourth-order valence-electron chi connectivity index (χ4n) is 3.75. The number of aromatic amines is 2. The molecule has 0 saturated carbocycles. The zero-order chi connectivity index (χ0) is 19.0. The number of rotatable bonds is 3. The molecule has 1 fully saturated rings. The number of pyridine rings is 1. The van der Waals surface area contributed by atoms with E-state index >= 15 is 0 Å². The number of carbonyl (C=O) groups excluding carboxylic acids is 2. The van der Waals surface area contributed by atoms with Gasteiger partial charge >= 0.3 is 0 Å². The van der Waals surface area contributed by atoms with Crippen molar-refractivity contribution in [2.75, 3.05) is 13.1 Å². The average molecular weight is 367 g/mol. The number of nitrogens with zero attached hydrogens (tertiary/aromatic N) is 4. The van der Waals surface area contributed by atoms with Crippen LogP contribution in [0.2, 0.25) is 0 Å². The Hall–Kier alpha value is -3.23. The third-order valence-corrected chi connectivity index (χ3v) is 4.81. The molecule has 27 heavy (non-hydrogen) atoms. The zero-order valence-electron chi connectivity index (χ0n) is 15.2. The second-order valence-corrected chi connectivity index (χ2v) is 7.68.